The Morgan fingerprint density at radius 1 is 1.10 bits per heavy atom. The lowest BCUT2D eigenvalue weighted by Crippen LogP contribution is -2.28. The average molecular weight is 412 g/mol. The summed E-state index contributed by atoms with van der Waals surface area (Å²) in [5, 5.41) is 2.49. The normalized spacial score (nSPS) is 13.5. The van der Waals surface area contributed by atoms with Crippen LogP contribution in [0.3, 0.4) is 0 Å². The molecule has 1 heterocycles. The van der Waals surface area contributed by atoms with Crippen molar-refractivity contribution in [3.05, 3.63) is 65.2 Å². The molecule has 29 heavy (non-hydrogen) atoms. The maximum atomic E-state index is 12.5. The molecule has 0 bridgehead atoms. The predicted octanol–water partition coefficient (Wildman–Crippen LogP) is 3.70. The van der Waals surface area contributed by atoms with Gasteiger partial charge in [0.2, 0.25) is 5.91 Å². The first kappa shape index (κ1) is 20.6. The summed E-state index contributed by atoms with van der Waals surface area (Å²) in [7, 11) is 0. The van der Waals surface area contributed by atoms with Gasteiger partial charge in [-0.05, 0) is 48.4 Å². The molecule has 0 radical (unpaired) electrons. The number of hydrogen-bond acceptors (Lipinski definition) is 6. The lowest BCUT2D eigenvalue weighted by Gasteiger charge is -2.13. The van der Waals surface area contributed by atoms with Crippen LogP contribution in [0.15, 0.2) is 48.5 Å². The Balaban J connectivity index is 1.64. The molecular weight excluding hydrogens is 392 g/mol. The lowest BCUT2D eigenvalue weighted by molar-refractivity contribution is -0.125. The highest BCUT2D eigenvalue weighted by molar-refractivity contribution is 8.14. The van der Waals surface area contributed by atoms with E-state index in [-0.39, 0.29) is 29.4 Å². The molecule has 3 amide bonds. The van der Waals surface area contributed by atoms with Crippen LogP contribution in [0, 0.1) is 0 Å². The zero-order chi connectivity index (χ0) is 20.8. The molecular formula is C21H20N2O5S. The van der Waals surface area contributed by atoms with E-state index in [0.717, 1.165) is 18.2 Å². The molecule has 7 nitrogen and oxygen atoms in total. The van der Waals surface area contributed by atoms with Crippen LogP contribution in [0.4, 0.5) is 10.5 Å². The highest BCUT2D eigenvalue weighted by Gasteiger charge is 2.29. The maximum absolute atomic E-state index is 12.5. The van der Waals surface area contributed by atoms with Gasteiger partial charge in [-0.15, -0.1) is 0 Å². The van der Waals surface area contributed by atoms with Crippen LogP contribution in [0.2, 0.25) is 0 Å². The molecule has 1 fully saturated rings. The number of anilines is 1. The zero-order valence-corrected chi connectivity index (χ0v) is 16.7. The lowest BCUT2D eigenvalue weighted by atomic mass is 10.1. The van der Waals surface area contributed by atoms with Gasteiger partial charge in [0.05, 0.1) is 24.5 Å². The van der Waals surface area contributed by atoms with Crippen molar-refractivity contribution in [3.63, 3.8) is 0 Å². The van der Waals surface area contributed by atoms with Crippen LogP contribution in [0.1, 0.15) is 39.6 Å². The Morgan fingerprint density at radius 3 is 2.52 bits per heavy atom. The van der Waals surface area contributed by atoms with E-state index >= 15 is 0 Å². The number of hydrogen-bond donors (Lipinski definition) is 1. The van der Waals surface area contributed by atoms with Gasteiger partial charge in [-0.25, -0.2) is 4.79 Å². The molecule has 1 aliphatic rings. The first-order chi connectivity index (χ1) is 14.0. The number of benzene rings is 2. The number of carbonyl (C=O) groups is 4. The number of esters is 1. The summed E-state index contributed by atoms with van der Waals surface area (Å²) in [4.78, 5) is 49.0. The van der Waals surface area contributed by atoms with Crippen molar-refractivity contribution < 1.29 is 23.9 Å². The van der Waals surface area contributed by atoms with E-state index in [0.29, 0.717) is 29.0 Å². The molecule has 0 spiro atoms. The summed E-state index contributed by atoms with van der Waals surface area (Å²) < 4.78 is 5.07. The second kappa shape index (κ2) is 9.38. The number of nitrogens with zero attached hydrogens (tertiary/aromatic N) is 1. The third-order valence-corrected chi connectivity index (χ3v) is 5.04. The van der Waals surface area contributed by atoms with E-state index < -0.39 is 5.97 Å². The van der Waals surface area contributed by atoms with Gasteiger partial charge in [0.25, 0.3) is 11.1 Å². The Bertz CT molecular complexity index is 926. The van der Waals surface area contributed by atoms with Gasteiger partial charge in [0.15, 0.2) is 0 Å². The van der Waals surface area contributed by atoms with Crippen LogP contribution in [0.25, 0.3) is 0 Å². The Hall–Kier alpha value is -3.13. The van der Waals surface area contributed by atoms with Crippen LogP contribution < -0.4 is 5.32 Å². The molecule has 2 aromatic carbocycles. The Labute approximate surface area is 172 Å². The molecule has 0 unspecified atom stereocenters. The van der Waals surface area contributed by atoms with E-state index in [4.69, 9.17) is 4.74 Å². The summed E-state index contributed by atoms with van der Waals surface area (Å²) in [6.07, 6.45) is 0.748. The molecule has 1 aliphatic heterocycles. The van der Waals surface area contributed by atoms with Crippen LogP contribution in [-0.2, 0) is 16.1 Å². The maximum Gasteiger partial charge on any atom is 0.338 e. The van der Waals surface area contributed by atoms with Gasteiger partial charge in [0.1, 0.15) is 0 Å². The van der Waals surface area contributed by atoms with E-state index in [1.165, 1.54) is 4.90 Å². The minimum Gasteiger partial charge on any atom is -0.462 e. The van der Waals surface area contributed by atoms with E-state index in [9.17, 15) is 19.2 Å². The number of rotatable bonds is 7. The minimum atomic E-state index is -0.401. The van der Waals surface area contributed by atoms with Gasteiger partial charge < -0.3 is 10.1 Å². The monoisotopic (exact) mass is 412 g/mol. The highest BCUT2D eigenvalue weighted by atomic mass is 32.2. The van der Waals surface area contributed by atoms with E-state index in [2.05, 4.69) is 5.32 Å². The SMILES string of the molecule is CCCOC(=O)c1ccc(NC(=O)c2cccc(CN3C(=O)CSC3=O)c2)cc1. The number of thioether (sulfide) groups is 1. The van der Waals surface area contributed by atoms with Crippen molar-refractivity contribution in [2.24, 2.45) is 0 Å². The third-order valence-electron chi connectivity index (χ3n) is 4.19. The van der Waals surface area contributed by atoms with Gasteiger partial charge in [-0.3, -0.25) is 19.3 Å². The van der Waals surface area contributed by atoms with Crippen molar-refractivity contribution in [3.8, 4) is 0 Å². The van der Waals surface area contributed by atoms with Crippen LogP contribution in [0.5, 0.6) is 0 Å². The fourth-order valence-electron chi connectivity index (χ4n) is 2.70. The molecule has 0 aliphatic carbocycles. The number of carbonyl (C=O) groups excluding carboxylic acids is 4. The summed E-state index contributed by atoms with van der Waals surface area (Å²) in [5.74, 6) is -0.809. The fourth-order valence-corrected chi connectivity index (χ4v) is 3.42. The number of amides is 3. The quantitative estimate of drug-likeness (QED) is 0.697. The largest absolute Gasteiger partial charge is 0.462 e. The highest BCUT2D eigenvalue weighted by Crippen LogP contribution is 2.22. The molecule has 0 saturated carbocycles. The second-order valence-corrected chi connectivity index (χ2v) is 7.33. The molecule has 1 saturated heterocycles. The number of ether oxygens (including phenoxy) is 1. The fraction of sp³-hybridized carbons (Fsp3) is 0.238. The first-order valence-electron chi connectivity index (χ1n) is 9.12. The summed E-state index contributed by atoms with van der Waals surface area (Å²) >= 11 is 0.978. The van der Waals surface area contributed by atoms with Gasteiger partial charge in [0, 0.05) is 11.3 Å². The number of nitrogens with one attached hydrogen (secondary N) is 1. The Morgan fingerprint density at radius 2 is 1.86 bits per heavy atom. The molecule has 0 aromatic heterocycles. The molecule has 1 N–H and O–H groups in total. The summed E-state index contributed by atoms with van der Waals surface area (Å²) in [6, 6.07) is 13.2. The molecule has 8 heteroatoms. The van der Waals surface area contributed by atoms with Crippen molar-refractivity contribution in [2.75, 3.05) is 17.7 Å². The standard InChI is InChI=1S/C21H20N2O5S/c1-2-10-28-20(26)15-6-8-17(9-7-15)22-19(25)16-5-3-4-14(11-16)12-23-18(24)13-29-21(23)27/h3-9,11H,2,10,12-13H2,1H3,(H,22,25). The zero-order valence-electron chi connectivity index (χ0n) is 15.8. The van der Waals surface area contributed by atoms with Crippen LogP contribution in [-0.4, -0.2) is 40.3 Å². The van der Waals surface area contributed by atoms with Gasteiger partial charge in [-0.2, -0.15) is 0 Å². The summed E-state index contributed by atoms with van der Waals surface area (Å²) in [5.41, 5.74) is 2.04. The predicted molar refractivity (Wildman–Crippen MR) is 110 cm³/mol. The number of imide groups is 1. The van der Waals surface area contributed by atoms with Crippen molar-refractivity contribution in [1.82, 2.24) is 4.90 Å². The van der Waals surface area contributed by atoms with Gasteiger partial charge >= 0.3 is 5.97 Å². The molecule has 2 aromatic rings. The van der Waals surface area contributed by atoms with Gasteiger partial charge in [-0.1, -0.05) is 30.8 Å². The van der Waals surface area contributed by atoms with Crippen LogP contribution >= 0.6 is 11.8 Å². The smallest absolute Gasteiger partial charge is 0.338 e. The average Bonchev–Trinajstić information content (AvgIpc) is 3.04. The molecule has 150 valence electrons. The second-order valence-electron chi connectivity index (χ2n) is 6.40. The summed E-state index contributed by atoms with van der Waals surface area (Å²) in [6.45, 7) is 2.42. The van der Waals surface area contributed by atoms with Crippen molar-refractivity contribution in [1.29, 1.82) is 0 Å². The molecule has 3 rings (SSSR count). The minimum absolute atomic E-state index is 0.139. The van der Waals surface area contributed by atoms with Crippen molar-refractivity contribution >= 4 is 40.5 Å². The topological polar surface area (TPSA) is 92.8 Å². The van der Waals surface area contributed by atoms with Crippen molar-refractivity contribution in [2.45, 2.75) is 19.9 Å². The van der Waals surface area contributed by atoms with E-state index in [1.807, 2.05) is 6.92 Å². The van der Waals surface area contributed by atoms with E-state index in [1.54, 1.807) is 48.5 Å². The molecule has 0 atom stereocenters. The first-order valence-corrected chi connectivity index (χ1v) is 10.1. The Kier molecular flexibility index (Phi) is 6.66. The third kappa shape index (κ3) is 5.23.